The first-order valence-electron chi connectivity index (χ1n) is 5.82. The highest BCUT2D eigenvalue weighted by atomic mass is 16.5. The van der Waals surface area contributed by atoms with Crippen LogP contribution in [0.5, 0.6) is 0 Å². The van der Waals surface area contributed by atoms with Crippen molar-refractivity contribution in [1.29, 1.82) is 0 Å². The van der Waals surface area contributed by atoms with Gasteiger partial charge in [0.05, 0.1) is 11.9 Å². The molecular weight excluding hydrogens is 204 g/mol. The SMILES string of the molecule is CC(C)COCCCNCc1cnnn1C. The Balaban J connectivity index is 1.94. The molecule has 92 valence electrons. The molecule has 16 heavy (non-hydrogen) atoms. The molecule has 0 atom stereocenters. The van der Waals surface area contributed by atoms with Crippen LogP contribution in [0.25, 0.3) is 0 Å². The minimum absolute atomic E-state index is 0.619. The number of hydrogen-bond donors (Lipinski definition) is 1. The maximum Gasteiger partial charge on any atom is 0.0738 e. The molecule has 0 aliphatic heterocycles. The summed E-state index contributed by atoms with van der Waals surface area (Å²) in [6.07, 6.45) is 2.82. The molecule has 0 radical (unpaired) electrons. The smallest absolute Gasteiger partial charge is 0.0738 e. The normalized spacial score (nSPS) is 11.2. The number of nitrogens with one attached hydrogen (secondary N) is 1. The molecule has 0 saturated carbocycles. The van der Waals surface area contributed by atoms with Gasteiger partial charge in [0.15, 0.2) is 0 Å². The lowest BCUT2D eigenvalue weighted by molar-refractivity contribution is 0.108. The molecule has 1 N–H and O–H groups in total. The fraction of sp³-hybridized carbons (Fsp3) is 0.818. The van der Waals surface area contributed by atoms with Crippen molar-refractivity contribution in [3.8, 4) is 0 Å². The van der Waals surface area contributed by atoms with E-state index in [0.717, 1.165) is 38.4 Å². The molecule has 1 aromatic rings. The van der Waals surface area contributed by atoms with Crippen molar-refractivity contribution in [2.45, 2.75) is 26.8 Å². The van der Waals surface area contributed by atoms with E-state index >= 15 is 0 Å². The molecule has 1 aromatic heterocycles. The Labute approximate surface area is 97.2 Å². The standard InChI is InChI=1S/C11H22N4O/c1-10(2)9-16-6-4-5-12-7-11-8-13-14-15(11)3/h8,10,12H,4-7,9H2,1-3H3. The molecular formula is C11H22N4O. The summed E-state index contributed by atoms with van der Waals surface area (Å²) in [6.45, 7) is 7.78. The second-order valence-electron chi connectivity index (χ2n) is 4.35. The summed E-state index contributed by atoms with van der Waals surface area (Å²) < 4.78 is 7.27. The first-order valence-corrected chi connectivity index (χ1v) is 5.82. The molecule has 0 saturated heterocycles. The fourth-order valence-corrected chi connectivity index (χ4v) is 1.31. The van der Waals surface area contributed by atoms with Gasteiger partial charge in [-0.05, 0) is 18.9 Å². The zero-order valence-corrected chi connectivity index (χ0v) is 10.4. The van der Waals surface area contributed by atoms with E-state index in [1.807, 2.05) is 7.05 Å². The first-order chi connectivity index (χ1) is 7.70. The van der Waals surface area contributed by atoms with Crippen LogP contribution in [0, 0.1) is 5.92 Å². The number of hydrogen-bond acceptors (Lipinski definition) is 4. The maximum atomic E-state index is 5.49. The van der Waals surface area contributed by atoms with Gasteiger partial charge in [-0.25, -0.2) is 0 Å². The van der Waals surface area contributed by atoms with Gasteiger partial charge in [-0.3, -0.25) is 4.68 Å². The predicted molar refractivity (Wildman–Crippen MR) is 63.0 cm³/mol. The summed E-state index contributed by atoms with van der Waals surface area (Å²) in [5.41, 5.74) is 1.10. The maximum absolute atomic E-state index is 5.49. The summed E-state index contributed by atoms with van der Waals surface area (Å²) in [7, 11) is 1.90. The number of ether oxygens (including phenoxy) is 1. The van der Waals surface area contributed by atoms with Gasteiger partial charge in [-0.1, -0.05) is 19.1 Å². The van der Waals surface area contributed by atoms with Crippen LogP contribution in [0.2, 0.25) is 0 Å². The van der Waals surface area contributed by atoms with Gasteiger partial charge < -0.3 is 10.1 Å². The topological polar surface area (TPSA) is 52.0 Å². The molecule has 0 aromatic carbocycles. The van der Waals surface area contributed by atoms with Crippen LogP contribution in [-0.2, 0) is 18.3 Å². The molecule has 0 unspecified atom stereocenters. The summed E-state index contributed by atoms with van der Waals surface area (Å²) in [4.78, 5) is 0. The van der Waals surface area contributed by atoms with Gasteiger partial charge in [-0.15, -0.1) is 5.10 Å². The van der Waals surface area contributed by atoms with E-state index in [1.165, 1.54) is 0 Å². The Morgan fingerprint density at radius 3 is 2.94 bits per heavy atom. The van der Waals surface area contributed by atoms with Gasteiger partial charge >= 0.3 is 0 Å². The van der Waals surface area contributed by atoms with Crippen molar-refractivity contribution in [3.05, 3.63) is 11.9 Å². The van der Waals surface area contributed by atoms with Gasteiger partial charge in [-0.2, -0.15) is 0 Å². The largest absolute Gasteiger partial charge is 0.381 e. The number of rotatable bonds is 8. The molecule has 0 spiro atoms. The quantitative estimate of drug-likeness (QED) is 0.671. The van der Waals surface area contributed by atoms with E-state index < -0.39 is 0 Å². The van der Waals surface area contributed by atoms with Crippen molar-refractivity contribution in [2.24, 2.45) is 13.0 Å². The summed E-state index contributed by atoms with van der Waals surface area (Å²) in [6, 6.07) is 0. The summed E-state index contributed by atoms with van der Waals surface area (Å²) >= 11 is 0. The molecule has 5 heteroatoms. The third kappa shape index (κ3) is 5.23. The van der Waals surface area contributed by atoms with E-state index in [4.69, 9.17) is 4.74 Å². The molecule has 1 rings (SSSR count). The minimum atomic E-state index is 0.619. The number of aryl methyl sites for hydroxylation is 1. The van der Waals surface area contributed by atoms with Gasteiger partial charge in [0.25, 0.3) is 0 Å². The lowest BCUT2D eigenvalue weighted by Gasteiger charge is -2.07. The van der Waals surface area contributed by atoms with E-state index in [9.17, 15) is 0 Å². The van der Waals surface area contributed by atoms with Crippen molar-refractivity contribution in [2.75, 3.05) is 19.8 Å². The van der Waals surface area contributed by atoms with E-state index in [-0.39, 0.29) is 0 Å². The average molecular weight is 226 g/mol. The molecule has 0 aliphatic carbocycles. The van der Waals surface area contributed by atoms with Crippen molar-refractivity contribution < 1.29 is 4.74 Å². The fourth-order valence-electron chi connectivity index (χ4n) is 1.31. The second-order valence-corrected chi connectivity index (χ2v) is 4.35. The van der Waals surface area contributed by atoms with Gasteiger partial charge in [0.2, 0.25) is 0 Å². The molecule has 0 aliphatic rings. The molecule has 0 amide bonds. The highest BCUT2D eigenvalue weighted by Gasteiger charge is 1.98. The zero-order valence-electron chi connectivity index (χ0n) is 10.4. The minimum Gasteiger partial charge on any atom is -0.381 e. The van der Waals surface area contributed by atoms with E-state index in [0.29, 0.717) is 5.92 Å². The summed E-state index contributed by atoms with van der Waals surface area (Å²) in [5, 5.41) is 11.0. The lowest BCUT2D eigenvalue weighted by Crippen LogP contribution is -2.18. The van der Waals surface area contributed by atoms with Gasteiger partial charge in [0, 0.05) is 26.8 Å². The van der Waals surface area contributed by atoms with Crippen molar-refractivity contribution >= 4 is 0 Å². The average Bonchev–Trinajstić information content (AvgIpc) is 2.62. The third-order valence-electron chi connectivity index (χ3n) is 2.21. The van der Waals surface area contributed by atoms with Crippen LogP contribution in [0.15, 0.2) is 6.20 Å². The van der Waals surface area contributed by atoms with Crippen LogP contribution < -0.4 is 5.32 Å². The zero-order chi connectivity index (χ0) is 11.8. The Morgan fingerprint density at radius 1 is 1.50 bits per heavy atom. The highest BCUT2D eigenvalue weighted by Crippen LogP contribution is 1.94. The van der Waals surface area contributed by atoms with Crippen LogP contribution in [0.1, 0.15) is 26.0 Å². The predicted octanol–water partition coefficient (Wildman–Crippen LogP) is 0.967. The van der Waals surface area contributed by atoms with E-state index in [2.05, 4.69) is 29.5 Å². The Bertz CT molecular complexity index is 285. The highest BCUT2D eigenvalue weighted by molar-refractivity contribution is 4.91. The second kappa shape index (κ2) is 7.35. The monoisotopic (exact) mass is 226 g/mol. The lowest BCUT2D eigenvalue weighted by atomic mass is 10.2. The number of aromatic nitrogens is 3. The molecule has 5 nitrogen and oxygen atoms in total. The Kier molecular flexibility index (Phi) is 6.03. The molecule has 1 heterocycles. The Hall–Kier alpha value is -0.940. The van der Waals surface area contributed by atoms with Crippen molar-refractivity contribution in [3.63, 3.8) is 0 Å². The van der Waals surface area contributed by atoms with Crippen LogP contribution in [0.4, 0.5) is 0 Å². The van der Waals surface area contributed by atoms with E-state index in [1.54, 1.807) is 10.9 Å². The molecule has 0 bridgehead atoms. The van der Waals surface area contributed by atoms with Gasteiger partial charge in [0.1, 0.15) is 0 Å². The van der Waals surface area contributed by atoms with Crippen LogP contribution in [-0.4, -0.2) is 34.8 Å². The summed E-state index contributed by atoms with van der Waals surface area (Å²) in [5.74, 6) is 0.619. The van der Waals surface area contributed by atoms with Crippen molar-refractivity contribution in [1.82, 2.24) is 20.3 Å². The first kappa shape index (κ1) is 13.1. The third-order valence-corrected chi connectivity index (χ3v) is 2.21. The van der Waals surface area contributed by atoms with Crippen LogP contribution >= 0.6 is 0 Å². The Morgan fingerprint density at radius 2 is 2.31 bits per heavy atom. The molecule has 0 fully saturated rings. The number of nitrogens with zero attached hydrogens (tertiary/aromatic N) is 3. The van der Waals surface area contributed by atoms with Crippen LogP contribution in [0.3, 0.4) is 0 Å².